The predicted molar refractivity (Wildman–Crippen MR) is 60.5 cm³/mol. The fourth-order valence-corrected chi connectivity index (χ4v) is 4.32. The van der Waals surface area contributed by atoms with Gasteiger partial charge in [-0.15, -0.1) is 0 Å². The molecule has 0 aliphatic heterocycles. The summed E-state index contributed by atoms with van der Waals surface area (Å²) >= 11 is 0. The minimum absolute atomic E-state index is 0.0320. The number of fused-ring (bicyclic) bond motifs is 1. The average molecular weight is 204 g/mol. The van der Waals surface area contributed by atoms with Gasteiger partial charge < -0.3 is 0 Å². The molecule has 1 heteroatoms. The van der Waals surface area contributed by atoms with E-state index in [-0.39, 0.29) is 5.41 Å². The van der Waals surface area contributed by atoms with Gasteiger partial charge in [0.05, 0.1) is 5.41 Å². The van der Waals surface area contributed by atoms with Crippen molar-refractivity contribution in [2.75, 3.05) is 0 Å². The van der Waals surface area contributed by atoms with E-state index in [0.29, 0.717) is 11.2 Å². The Morgan fingerprint density at radius 2 is 2.00 bits per heavy atom. The Bertz CT molecular complexity index is 375. The summed E-state index contributed by atoms with van der Waals surface area (Å²) in [6.45, 7) is 7.02. The Kier molecular flexibility index (Phi) is 1.64. The van der Waals surface area contributed by atoms with Crippen molar-refractivity contribution in [3.05, 3.63) is 11.1 Å². The summed E-state index contributed by atoms with van der Waals surface area (Å²) in [5.41, 5.74) is 3.46. The molecule has 2 bridgehead atoms. The van der Waals surface area contributed by atoms with E-state index in [4.69, 9.17) is 0 Å². The van der Waals surface area contributed by atoms with Crippen LogP contribution in [0.2, 0.25) is 0 Å². The minimum atomic E-state index is 0.0320. The monoisotopic (exact) mass is 204 g/mol. The van der Waals surface area contributed by atoms with Crippen molar-refractivity contribution >= 4 is 5.78 Å². The van der Waals surface area contributed by atoms with Crippen molar-refractivity contribution < 1.29 is 4.79 Å². The van der Waals surface area contributed by atoms with Crippen molar-refractivity contribution in [1.29, 1.82) is 0 Å². The highest BCUT2D eigenvalue weighted by molar-refractivity contribution is 5.92. The van der Waals surface area contributed by atoms with E-state index in [2.05, 4.69) is 20.8 Å². The molecule has 3 aliphatic rings. The van der Waals surface area contributed by atoms with Gasteiger partial charge in [-0.3, -0.25) is 4.79 Å². The number of allylic oxidation sites excluding steroid dienone is 2. The zero-order valence-corrected chi connectivity index (χ0v) is 10.0. The second-order valence-electron chi connectivity index (χ2n) is 6.27. The molecule has 0 radical (unpaired) electrons. The van der Waals surface area contributed by atoms with E-state index >= 15 is 0 Å². The van der Waals surface area contributed by atoms with E-state index in [1.807, 2.05) is 0 Å². The molecule has 0 amide bonds. The molecule has 2 saturated carbocycles. The van der Waals surface area contributed by atoms with E-state index in [0.717, 1.165) is 31.6 Å². The standard InChI is InChI=1S/C14H20O/c1-9-11-4-5-12(15)14(11)7-6-10(8-14)13(9,2)3/h10H,4-8H2,1-3H3/t10-,14-/m0/s1. The summed E-state index contributed by atoms with van der Waals surface area (Å²) in [7, 11) is 0. The molecule has 0 aromatic heterocycles. The molecule has 3 aliphatic carbocycles. The predicted octanol–water partition coefficient (Wildman–Crippen LogP) is 3.49. The van der Waals surface area contributed by atoms with E-state index < -0.39 is 0 Å². The van der Waals surface area contributed by atoms with Gasteiger partial charge in [-0.25, -0.2) is 0 Å². The van der Waals surface area contributed by atoms with Gasteiger partial charge in [-0.1, -0.05) is 25.0 Å². The number of ketones is 1. The first kappa shape index (κ1) is 9.62. The molecule has 0 heterocycles. The maximum absolute atomic E-state index is 12.1. The van der Waals surface area contributed by atoms with Crippen LogP contribution in [0.1, 0.15) is 52.9 Å². The quantitative estimate of drug-likeness (QED) is 0.552. The van der Waals surface area contributed by atoms with Crippen LogP contribution in [0.25, 0.3) is 0 Å². The largest absolute Gasteiger partial charge is 0.299 e. The van der Waals surface area contributed by atoms with Crippen LogP contribution >= 0.6 is 0 Å². The van der Waals surface area contributed by atoms with Crippen LogP contribution in [0.15, 0.2) is 11.1 Å². The Balaban J connectivity index is 2.22. The third-order valence-corrected chi connectivity index (χ3v) is 5.67. The number of hydrogen-bond donors (Lipinski definition) is 0. The molecule has 0 saturated heterocycles. The SMILES string of the molecule is CC1=C2CCC(=O)[C@]23CC[C@@H](C3)C1(C)C. The van der Waals surface area contributed by atoms with Gasteiger partial charge in [0.2, 0.25) is 0 Å². The molecule has 0 aromatic carbocycles. The molecule has 3 rings (SSSR count). The van der Waals surface area contributed by atoms with Gasteiger partial charge >= 0.3 is 0 Å². The summed E-state index contributed by atoms with van der Waals surface area (Å²) < 4.78 is 0. The van der Waals surface area contributed by atoms with Crippen molar-refractivity contribution in [2.24, 2.45) is 16.7 Å². The first-order valence-electron chi connectivity index (χ1n) is 6.22. The highest BCUT2D eigenvalue weighted by Gasteiger charge is 2.58. The van der Waals surface area contributed by atoms with Crippen LogP contribution in [0.5, 0.6) is 0 Å². The topological polar surface area (TPSA) is 17.1 Å². The highest BCUT2D eigenvalue weighted by atomic mass is 16.1. The lowest BCUT2D eigenvalue weighted by Gasteiger charge is -2.41. The fourth-order valence-electron chi connectivity index (χ4n) is 4.32. The minimum Gasteiger partial charge on any atom is -0.299 e. The Morgan fingerprint density at radius 3 is 2.73 bits per heavy atom. The van der Waals surface area contributed by atoms with E-state index in [1.54, 1.807) is 5.57 Å². The van der Waals surface area contributed by atoms with Crippen LogP contribution in [-0.2, 0) is 4.79 Å². The van der Waals surface area contributed by atoms with Gasteiger partial charge in [0, 0.05) is 6.42 Å². The number of rotatable bonds is 0. The number of hydrogen-bond acceptors (Lipinski definition) is 1. The number of Topliss-reactive ketones (excluding diaryl/α,β-unsaturated/α-hetero) is 1. The molecule has 82 valence electrons. The molecule has 0 N–H and O–H groups in total. The molecule has 0 unspecified atom stereocenters. The van der Waals surface area contributed by atoms with E-state index in [1.165, 1.54) is 12.0 Å². The van der Waals surface area contributed by atoms with Crippen LogP contribution in [0, 0.1) is 16.7 Å². The van der Waals surface area contributed by atoms with Crippen LogP contribution in [0.4, 0.5) is 0 Å². The number of carbonyl (C=O) groups excluding carboxylic acids is 1. The van der Waals surface area contributed by atoms with Crippen molar-refractivity contribution in [2.45, 2.75) is 52.9 Å². The van der Waals surface area contributed by atoms with Crippen molar-refractivity contribution in [3.63, 3.8) is 0 Å². The molecule has 1 nitrogen and oxygen atoms in total. The smallest absolute Gasteiger partial charge is 0.143 e. The third-order valence-electron chi connectivity index (χ3n) is 5.67. The average Bonchev–Trinajstić information content (AvgIpc) is 2.72. The summed E-state index contributed by atoms with van der Waals surface area (Å²) in [5, 5.41) is 0. The maximum atomic E-state index is 12.1. The van der Waals surface area contributed by atoms with Crippen LogP contribution in [-0.4, -0.2) is 5.78 Å². The zero-order valence-electron chi connectivity index (χ0n) is 10.0. The lowest BCUT2D eigenvalue weighted by molar-refractivity contribution is -0.124. The van der Waals surface area contributed by atoms with Gasteiger partial charge in [0.15, 0.2) is 0 Å². The van der Waals surface area contributed by atoms with Gasteiger partial charge in [-0.05, 0) is 43.9 Å². The number of carbonyl (C=O) groups is 1. The van der Waals surface area contributed by atoms with E-state index in [9.17, 15) is 4.79 Å². The molecular weight excluding hydrogens is 184 g/mol. The van der Waals surface area contributed by atoms with Crippen LogP contribution in [0.3, 0.4) is 0 Å². The lowest BCUT2D eigenvalue weighted by Crippen LogP contribution is -2.35. The molecule has 15 heavy (non-hydrogen) atoms. The first-order valence-corrected chi connectivity index (χ1v) is 6.22. The zero-order chi connectivity index (χ0) is 10.8. The molecule has 2 atom stereocenters. The van der Waals surface area contributed by atoms with Crippen molar-refractivity contribution in [3.8, 4) is 0 Å². The highest BCUT2D eigenvalue weighted by Crippen LogP contribution is 2.64. The van der Waals surface area contributed by atoms with Crippen molar-refractivity contribution in [1.82, 2.24) is 0 Å². The molecule has 2 fully saturated rings. The Morgan fingerprint density at radius 1 is 1.27 bits per heavy atom. The molecule has 0 aromatic rings. The maximum Gasteiger partial charge on any atom is 0.143 e. The second kappa shape index (κ2) is 2.56. The molecular formula is C14H20O. The summed E-state index contributed by atoms with van der Waals surface area (Å²) in [5.74, 6) is 1.30. The van der Waals surface area contributed by atoms with Crippen LogP contribution < -0.4 is 0 Å². The first-order chi connectivity index (χ1) is 6.98. The summed E-state index contributed by atoms with van der Waals surface area (Å²) in [6.07, 6.45) is 5.44. The normalized spacial score (nSPS) is 42.3. The second-order valence-corrected chi connectivity index (χ2v) is 6.27. The lowest BCUT2D eigenvalue weighted by atomic mass is 9.62. The summed E-state index contributed by atoms with van der Waals surface area (Å²) in [6, 6.07) is 0. The molecule has 1 spiro atoms. The Labute approximate surface area is 91.9 Å². The summed E-state index contributed by atoms with van der Waals surface area (Å²) in [4.78, 5) is 12.1. The fraction of sp³-hybridized carbons (Fsp3) is 0.786. The van der Waals surface area contributed by atoms with Gasteiger partial charge in [-0.2, -0.15) is 0 Å². The van der Waals surface area contributed by atoms with Gasteiger partial charge in [0.1, 0.15) is 5.78 Å². The van der Waals surface area contributed by atoms with Gasteiger partial charge in [0.25, 0.3) is 0 Å². The Hall–Kier alpha value is -0.590. The third kappa shape index (κ3) is 0.926.